The molecule has 25 heavy (non-hydrogen) atoms. The lowest BCUT2D eigenvalue weighted by atomic mass is 9.96. The lowest BCUT2D eigenvalue weighted by Gasteiger charge is -2.25. The van der Waals surface area contributed by atoms with Gasteiger partial charge in [0.25, 0.3) is 0 Å². The summed E-state index contributed by atoms with van der Waals surface area (Å²) in [5.74, 6) is -1.16. The van der Waals surface area contributed by atoms with Crippen LogP contribution in [0.1, 0.15) is 35.7 Å². The van der Waals surface area contributed by atoms with E-state index in [1.165, 1.54) is 12.1 Å². The molecule has 0 aromatic heterocycles. The fraction of sp³-hybridized carbons (Fsp3) is 0.143. The number of hydrogen-bond acceptors (Lipinski definition) is 2. The van der Waals surface area contributed by atoms with Gasteiger partial charge in [0.05, 0.1) is 6.04 Å². The molecule has 128 valence electrons. The maximum atomic E-state index is 13.5. The summed E-state index contributed by atoms with van der Waals surface area (Å²) in [5.41, 5.74) is 9.21. The molecule has 0 aliphatic carbocycles. The predicted octanol–water partition coefficient (Wildman–Crippen LogP) is 4.99. The molecule has 2 nitrogen and oxygen atoms in total. The summed E-state index contributed by atoms with van der Waals surface area (Å²) in [4.78, 5) is 0. The maximum Gasteiger partial charge on any atom is 0.126 e. The van der Waals surface area contributed by atoms with Crippen LogP contribution >= 0.6 is 0 Å². The molecule has 0 amide bonds. The quantitative estimate of drug-likeness (QED) is 0.643. The van der Waals surface area contributed by atoms with Crippen molar-refractivity contribution in [2.24, 2.45) is 0 Å². The highest BCUT2D eigenvalue weighted by Gasteiger charge is 2.18. The average molecular weight is 338 g/mol. The Kier molecular flexibility index (Phi) is 5.10. The highest BCUT2D eigenvalue weighted by Crippen LogP contribution is 2.27. The van der Waals surface area contributed by atoms with E-state index < -0.39 is 11.6 Å². The summed E-state index contributed by atoms with van der Waals surface area (Å²) >= 11 is 0. The Morgan fingerprint density at radius 3 is 2.04 bits per heavy atom. The van der Waals surface area contributed by atoms with Crippen LogP contribution in [-0.4, -0.2) is 0 Å². The zero-order chi connectivity index (χ0) is 17.8. The van der Waals surface area contributed by atoms with Gasteiger partial charge in [-0.25, -0.2) is 8.78 Å². The SMILES string of the molecule is C[C@@H](NC(c1ccccc1)c1cccc(N)c1)c1cc(F)cc(F)c1. The number of nitrogen functional groups attached to an aromatic ring is 1. The summed E-state index contributed by atoms with van der Waals surface area (Å²) in [5, 5.41) is 3.46. The van der Waals surface area contributed by atoms with Crippen molar-refractivity contribution in [3.63, 3.8) is 0 Å². The number of nitrogens with two attached hydrogens (primary N) is 1. The van der Waals surface area contributed by atoms with Crippen molar-refractivity contribution < 1.29 is 8.78 Å². The first kappa shape index (κ1) is 17.1. The van der Waals surface area contributed by atoms with Crippen LogP contribution in [0.25, 0.3) is 0 Å². The molecule has 0 saturated heterocycles. The molecular weight excluding hydrogens is 318 g/mol. The topological polar surface area (TPSA) is 38.0 Å². The van der Waals surface area contributed by atoms with Gasteiger partial charge in [0.15, 0.2) is 0 Å². The monoisotopic (exact) mass is 338 g/mol. The van der Waals surface area contributed by atoms with E-state index in [9.17, 15) is 8.78 Å². The number of nitrogens with one attached hydrogen (secondary N) is 1. The number of rotatable bonds is 5. The molecule has 0 radical (unpaired) electrons. The van der Waals surface area contributed by atoms with E-state index in [4.69, 9.17) is 5.73 Å². The third-order valence-corrected chi connectivity index (χ3v) is 4.18. The minimum Gasteiger partial charge on any atom is -0.399 e. The molecule has 3 rings (SSSR count). The fourth-order valence-corrected chi connectivity index (χ4v) is 2.94. The van der Waals surface area contributed by atoms with Gasteiger partial charge in [0.1, 0.15) is 11.6 Å². The van der Waals surface area contributed by atoms with Gasteiger partial charge in [0, 0.05) is 17.8 Å². The Morgan fingerprint density at radius 2 is 1.40 bits per heavy atom. The molecule has 0 saturated carbocycles. The van der Waals surface area contributed by atoms with Crippen molar-refractivity contribution >= 4 is 5.69 Å². The molecule has 4 heteroatoms. The Hall–Kier alpha value is -2.72. The van der Waals surface area contributed by atoms with Crippen LogP contribution in [0, 0.1) is 11.6 Å². The second kappa shape index (κ2) is 7.45. The molecule has 3 N–H and O–H groups in total. The van der Waals surface area contributed by atoms with Crippen molar-refractivity contribution in [1.82, 2.24) is 5.32 Å². The summed E-state index contributed by atoms with van der Waals surface area (Å²) in [6, 6.07) is 20.7. The molecule has 2 atom stereocenters. The minimum absolute atomic E-state index is 0.147. The second-order valence-corrected chi connectivity index (χ2v) is 6.10. The molecule has 0 bridgehead atoms. The van der Waals surface area contributed by atoms with Gasteiger partial charge in [-0.15, -0.1) is 0 Å². The zero-order valence-electron chi connectivity index (χ0n) is 13.9. The predicted molar refractivity (Wildman–Crippen MR) is 97.0 cm³/mol. The van der Waals surface area contributed by atoms with Crippen molar-refractivity contribution in [2.75, 3.05) is 5.73 Å². The summed E-state index contributed by atoms with van der Waals surface area (Å²) in [6.45, 7) is 1.89. The van der Waals surface area contributed by atoms with E-state index in [0.717, 1.165) is 17.2 Å². The first-order chi connectivity index (χ1) is 12.0. The van der Waals surface area contributed by atoms with E-state index in [1.54, 1.807) is 0 Å². The van der Waals surface area contributed by atoms with E-state index in [0.29, 0.717) is 11.3 Å². The van der Waals surface area contributed by atoms with Crippen molar-refractivity contribution in [3.05, 3.63) is 101 Å². The van der Waals surface area contributed by atoms with E-state index >= 15 is 0 Å². The smallest absolute Gasteiger partial charge is 0.126 e. The first-order valence-electron chi connectivity index (χ1n) is 8.15. The number of benzene rings is 3. The Balaban J connectivity index is 1.95. The van der Waals surface area contributed by atoms with E-state index in [2.05, 4.69) is 5.32 Å². The van der Waals surface area contributed by atoms with Crippen molar-refractivity contribution in [1.29, 1.82) is 0 Å². The van der Waals surface area contributed by atoms with Crippen molar-refractivity contribution in [3.8, 4) is 0 Å². The number of anilines is 1. The van der Waals surface area contributed by atoms with E-state index in [-0.39, 0.29) is 12.1 Å². The van der Waals surface area contributed by atoms with Gasteiger partial charge in [-0.1, -0.05) is 42.5 Å². The van der Waals surface area contributed by atoms with Gasteiger partial charge < -0.3 is 5.73 Å². The largest absolute Gasteiger partial charge is 0.399 e. The highest BCUT2D eigenvalue weighted by atomic mass is 19.1. The molecule has 0 fully saturated rings. The van der Waals surface area contributed by atoms with Gasteiger partial charge in [-0.05, 0) is 47.9 Å². The molecule has 3 aromatic rings. The third kappa shape index (κ3) is 4.22. The summed E-state index contributed by atoms with van der Waals surface area (Å²) in [7, 11) is 0. The van der Waals surface area contributed by atoms with Crippen molar-refractivity contribution in [2.45, 2.75) is 19.0 Å². The molecule has 1 unspecified atom stereocenters. The second-order valence-electron chi connectivity index (χ2n) is 6.10. The van der Waals surface area contributed by atoms with E-state index in [1.807, 2.05) is 61.5 Å². The highest BCUT2D eigenvalue weighted by molar-refractivity contribution is 5.44. The van der Waals surface area contributed by atoms with Crippen LogP contribution < -0.4 is 11.1 Å². The minimum atomic E-state index is -0.580. The van der Waals surface area contributed by atoms with Crippen LogP contribution in [0.3, 0.4) is 0 Å². The van der Waals surface area contributed by atoms with Crippen LogP contribution in [0.4, 0.5) is 14.5 Å². The van der Waals surface area contributed by atoms with Gasteiger partial charge in [-0.3, -0.25) is 5.32 Å². The first-order valence-corrected chi connectivity index (χ1v) is 8.15. The lowest BCUT2D eigenvalue weighted by Crippen LogP contribution is -2.26. The summed E-state index contributed by atoms with van der Waals surface area (Å²) < 4.78 is 27.1. The third-order valence-electron chi connectivity index (χ3n) is 4.18. The number of hydrogen-bond donors (Lipinski definition) is 2. The molecule has 0 aliphatic heterocycles. The average Bonchev–Trinajstić information content (AvgIpc) is 2.59. The maximum absolute atomic E-state index is 13.5. The summed E-state index contributed by atoms with van der Waals surface area (Å²) in [6.07, 6.45) is 0. The molecule has 0 spiro atoms. The molecule has 0 aliphatic rings. The van der Waals surface area contributed by atoms with Crippen LogP contribution in [0.2, 0.25) is 0 Å². The fourth-order valence-electron chi connectivity index (χ4n) is 2.94. The normalized spacial score (nSPS) is 13.4. The molecular formula is C21H20F2N2. The Morgan fingerprint density at radius 1 is 0.760 bits per heavy atom. The Bertz CT molecular complexity index is 829. The van der Waals surface area contributed by atoms with Gasteiger partial charge >= 0.3 is 0 Å². The van der Waals surface area contributed by atoms with Crippen LogP contribution in [0.15, 0.2) is 72.8 Å². The zero-order valence-corrected chi connectivity index (χ0v) is 13.9. The lowest BCUT2D eigenvalue weighted by molar-refractivity contribution is 0.506. The molecule has 3 aromatic carbocycles. The van der Waals surface area contributed by atoms with Crippen LogP contribution in [0.5, 0.6) is 0 Å². The number of halogens is 2. The Labute approximate surface area is 146 Å². The van der Waals surface area contributed by atoms with Crippen LogP contribution in [-0.2, 0) is 0 Å². The van der Waals surface area contributed by atoms with Gasteiger partial charge in [-0.2, -0.15) is 0 Å². The standard InChI is InChI=1S/C21H20F2N2/c1-14(17-10-18(22)13-19(23)11-17)25-21(15-6-3-2-4-7-15)16-8-5-9-20(24)12-16/h2-14,21,25H,24H2,1H3/t14-,21?/m1/s1. The molecule has 0 heterocycles. The van der Waals surface area contributed by atoms with Gasteiger partial charge in [0.2, 0.25) is 0 Å².